The van der Waals surface area contributed by atoms with Gasteiger partial charge in [0, 0.05) is 30.0 Å². The molecule has 8 heteroatoms. The number of hydrogen-bond acceptors (Lipinski definition) is 4. The second-order valence-corrected chi connectivity index (χ2v) is 9.08. The summed E-state index contributed by atoms with van der Waals surface area (Å²) < 4.78 is 14.1. The van der Waals surface area contributed by atoms with Crippen LogP contribution in [0.25, 0.3) is 0 Å². The Morgan fingerprint density at radius 2 is 1.92 bits per heavy atom. The number of para-hydroxylation sites is 1. The van der Waals surface area contributed by atoms with E-state index in [0.29, 0.717) is 24.2 Å². The number of rotatable bonds is 15. The number of nitrogens with two attached hydrogens (primary N) is 1. The van der Waals surface area contributed by atoms with Crippen molar-refractivity contribution in [1.29, 1.82) is 5.41 Å². The van der Waals surface area contributed by atoms with Crippen LogP contribution in [0.5, 0.6) is 0 Å². The van der Waals surface area contributed by atoms with E-state index < -0.39 is 29.5 Å². The summed E-state index contributed by atoms with van der Waals surface area (Å²) in [5.41, 5.74) is 8.87. The maximum absolute atomic E-state index is 14.1. The number of anilines is 1. The van der Waals surface area contributed by atoms with Gasteiger partial charge in [0.15, 0.2) is 5.83 Å². The van der Waals surface area contributed by atoms with Gasteiger partial charge in [-0.2, -0.15) is 4.39 Å². The van der Waals surface area contributed by atoms with Crippen molar-refractivity contribution in [2.75, 3.05) is 18.0 Å². The quantitative estimate of drug-likeness (QED) is 0.128. The lowest BCUT2D eigenvalue weighted by Crippen LogP contribution is -2.43. The molecule has 0 aliphatic heterocycles. The van der Waals surface area contributed by atoms with Crippen LogP contribution in [0, 0.1) is 17.2 Å². The van der Waals surface area contributed by atoms with Gasteiger partial charge in [-0.15, -0.1) is 0 Å². The van der Waals surface area contributed by atoms with Crippen LogP contribution in [-0.2, 0) is 14.4 Å². The molecule has 3 amide bonds. The van der Waals surface area contributed by atoms with Gasteiger partial charge in [-0.05, 0) is 37.8 Å². The van der Waals surface area contributed by atoms with Gasteiger partial charge >= 0.3 is 0 Å². The standard InChI is InChI=1S/C30H39FN4O3/c1-6-9-10-14-23(30(33)38)18-27(36)34-19-28(37)35(20-21(4)5)26-16-12-11-15-25(26)29(32)22(8-3)17-24(31)13-7-2/h7-13,15-16,21,23,32H,3,6,14,18-20H2,1-2,4-5H3,(H2,33,38)(H,34,36)/b10-9-,13-7-,32-29?. The van der Waals surface area contributed by atoms with Gasteiger partial charge < -0.3 is 16.0 Å². The zero-order chi connectivity index (χ0) is 28.7. The number of amides is 3. The molecule has 4 N–H and O–H groups in total. The maximum Gasteiger partial charge on any atom is 0.246 e. The summed E-state index contributed by atoms with van der Waals surface area (Å²) in [5, 5.41) is 11.3. The molecule has 0 radical (unpaired) electrons. The second-order valence-electron chi connectivity index (χ2n) is 9.08. The SMILES string of the molecule is C=CC(=C=C(F)/C=C\C)C(=N)c1ccccc1N(CC(C)C)C(=O)CNC(=O)CC(C/C=C\CC)C(N)=O. The summed E-state index contributed by atoms with van der Waals surface area (Å²) in [6.45, 7) is 11.2. The molecule has 0 aliphatic carbocycles. The Bertz CT molecular complexity index is 1140. The average molecular weight is 523 g/mol. The van der Waals surface area contributed by atoms with Gasteiger partial charge in [0.25, 0.3) is 0 Å². The lowest BCUT2D eigenvalue weighted by Gasteiger charge is -2.27. The number of carbonyl (C=O) groups is 3. The van der Waals surface area contributed by atoms with Crippen LogP contribution in [-0.4, -0.2) is 36.5 Å². The minimum Gasteiger partial charge on any atom is -0.369 e. The molecule has 0 saturated heterocycles. The van der Waals surface area contributed by atoms with Gasteiger partial charge in [-0.3, -0.25) is 19.8 Å². The molecule has 1 unspecified atom stereocenters. The van der Waals surface area contributed by atoms with Gasteiger partial charge in [-0.25, -0.2) is 0 Å². The van der Waals surface area contributed by atoms with Crippen molar-refractivity contribution in [3.05, 3.63) is 83.9 Å². The first-order valence-electron chi connectivity index (χ1n) is 12.7. The highest BCUT2D eigenvalue weighted by molar-refractivity contribution is 6.17. The molecular formula is C30H39FN4O3. The van der Waals surface area contributed by atoms with E-state index in [0.717, 1.165) is 6.42 Å². The normalized spacial score (nSPS) is 11.7. The number of hydrogen-bond donors (Lipinski definition) is 3. The van der Waals surface area contributed by atoms with Crippen molar-refractivity contribution in [3.8, 4) is 0 Å². The monoisotopic (exact) mass is 522 g/mol. The number of primary amides is 1. The molecule has 0 bridgehead atoms. The number of carbonyl (C=O) groups excluding carboxylic acids is 3. The van der Waals surface area contributed by atoms with Crippen molar-refractivity contribution in [2.45, 2.75) is 47.0 Å². The third-order valence-corrected chi connectivity index (χ3v) is 5.45. The third kappa shape index (κ3) is 10.5. The number of halogens is 1. The summed E-state index contributed by atoms with van der Waals surface area (Å²) in [5.74, 6) is -2.68. The molecule has 1 aromatic rings. The third-order valence-electron chi connectivity index (χ3n) is 5.45. The minimum absolute atomic E-state index is 0.0507. The van der Waals surface area contributed by atoms with Crippen molar-refractivity contribution >= 4 is 29.1 Å². The highest BCUT2D eigenvalue weighted by atomic mass is 19.1. The Kier molecular flexibility index (Phi) is 14.0. The zero-order valence-corrected chi connectivity index (χ0v) is 22.7. The molecular weight excluding hydrogens is 483 g/mol. The molecule has 0 saturated carbocycles. The summed E-state index contributed by atoms with van der Waals surface area (Å²) in [6, 6.07) is 6.82. The van der Waals surface area contributed by atoms with E-state index in [1.807, 2.05) is 32.9 Å². The van der Waals surface area contributed by atoms with Gasteiger partial charge in [-0.1, -0.05) is 75.6 Å². The van der Waals surface area contributed by atoms with E-state index in [2.05, 4.69) is 17.6 Å². The Balaban J connectivity index is 3.22. The van der Waals surface area contributed by atoms with Crippen LogP contribution in [0.3, 0.4) is 0 Å². The van der Waals surface area contributed by atoms with Crippen LogP contribution >= 0.6 is 0 Å². The Morgan fingerprint density at radius 3 is 2.50 bits per heavy atom. The number of nitrogens with one attached hydrogen (secondary N) is 2. The molecule has 38 heavy (non-hydrogen) atoms. The predicted molar refractivity (Wildman–Crippen MR) is 151 cm³/mol. The largest absolute Gasteiger partial charge is 0.369 e. The Morgan fingerprint density at radius 1 is 1.24 bits per heavy atom. The smallest absolute Gasteiger partial charge is 0.246 e. The molecule has 0 aliphatic rings. The van der Waals surface area contributed by atoms with Crippen LogP contribution in [0.4, 0.5) is 10.1 Å². The van der Waals surface area contributed by atoms with Crippen molar-refractivity contribution in [1.82, 2.24) is 5.32 Å². The van der Waals surface area contributed by atoms with E-state index >= 15 is 0 Å². The van der Waals surface area contributed by atoms with Crippen molar-refractivity contribution < 1.29 is 18.8 Å². The Labute approximate surface area is 225 Å². The highest BCUT2D eigenvalue weighted by Gasteiger charge is 2.24. The highest BCUT2D eigenvalue weighted by Crippen LogP contribution is 2.25. The van der Waals surface area contributed by atoms with Crippen LogP contribution in [0.1, 0.15) is 52.5 Å². The first-order chi connectivity index (χ1) is 18.0. The zero-order valence-electron chi connectivity index (χ0n) is 22.7. The van der Waals surface area contributed by atoms with E-state index in [9.17, 15) is 18.8 Å². The van der Waals surface area contributed by atoms with Gasteiger partial charge in [0.2, 0.25) is 17.7 Å². The number of allylic oxidation sites excluding steroid dienone is 6. The van der Waals surface area contributed by atoms with Crippen LogP contribution < -0.4 is 16.0 Å². The molecule has 0 fully saturated rings. The summed E-state index contributed by atoms with van der Waals surface area (Å²) in [7, 11) is 0. The molecule has 1 atom stereocenters. The molecule has 1 aromatic carbocycles. The topological polar surface area (TPSA) is 116 Å². The van der Waals surface area contributed by atoms with Crippen LogP contribution in [0.15, 0.2) is 78.4 Å². The van der Waals surface area contributed by atoms with E-state index in [1.54, 1.807) is 31.2 Å². The first-order valence-corrected chi connectivity index (χ1v) is 12.7. The molecule has 7 nitrogen and oxygen atoms in total. The van der Waals surface area contributed by atoms with Crippen molar-refractivity contribution in [3.63, 3.8) is 0 Å². The number of nitrogens with zero attached hydrogens (tertiary/aromatic N) is 1. The lowest BCUT2D eigenvalue weighted by atomic mass is 9.99. The molecule has 204 valence electrons. The molecule has 0 aromatic heterocycles. The maximum atomic E-state index is 14.1. The number of benzene rings is 1. The fourth-order valence-electron chi connectivity index (χ4n) is 3.59. The fourth-order valence-corrected chi connectivity index (χ4v) is 3.59. The fraction of sp³-hybridized carbons (Fsp3) is 0.367. The molecule has 0 spiro atoms. The van der Waals surface area contributed by atoms with Gasteiger partial charge in [0.1, 0.15) is 0 Å². The summed E-state index contributed by atoms with van der Waals surface area (Å²) in [6.07, 6.45) is 8.82. The average Bonchev–Trinajstić information content (AvgIpc) is 2.88. The van der Waals surface area contributed by atoms with E-state index in [1.165, 1.54) is 23.1 Å². The first kappa shape index (κ1) is 32.0. The van der Waals surface area contributed by atoms with Crippen LogP contribution in [0.2, 0.25) is 0 Å². The minimum atomic E-state index is -0.666. The lowest BCUT2D eigenvalue weighted by molar-refractivity contribution is -0.129. The summed E-state index contributed by atoms with van der Waals surface area (Å²) in [4.78, 5) is 39.1. The second kappa shape index (κ2) is 16.7. The van der Waals surface area contributed by atoms with Gasteiger partial charge in [0.05, 0.1) is 17.9 Å². The van der Waals surface area contributed by atoms with E-state index in [4.69, 9.17) is 11.1 Å². The summed E-state index contributed by atoms with van der Waals surface area (Å²) >= 11 is 0. The molecule has 1 rings (SSSR count). The Hall–Kier alpha value is -4.03. The molecule has 0 heterocycles. The van der Waals surface area contributed by atoms with E-state index in [-0.39, 0.29) is 30.2 Å². The van der Waals surface area contributed by atoms with Crippen molar-refractivity contribution in [2.24, 2.45) is 17.6 Å². The predicted octanol–water partition coefficient (Wildman–Crippen LogP) is 5.15.